The first-order valence-corrected chi connectivity index (χ1v) is 3.07. The average Bonchev–Trinajstić information content (AvgIpc) is 1.30. The maximum atomic E-state index is 3.02. The lowest BCUT2D eigenvalue weighted by Crippen LogP contribution is -2.19. The van der Waals surface area contributed by atoms with Gasteiger partial charge in [0.2, 0.25) is 0 Å². The molecule has 0 aliphatic carbocycles. The fourth-order valence-corrected chi connectivity index (χ4v) is 0.919. The molecule has 0 aromatic carbocycles. The Morgan fingerprint density at radius 2 is 1.86 bits per heavy atom. The van der Waals surface area contributed by atoms with Crippen molar-refractivity contribution in [2.24, 2.45) is 5.41 Å². The van der Waals surface area contributed by atoms with Crippen LogP contribution in [-0.4, -0.2) is 6.54 Å². The van der Waals surface area contributed by atoms with Crippen molar-refractivity contribution in [1.29, 1.82) is 0 Å². The summed E-state index contributed by atoms with van der Waals surface area (Å²) in [4.78, 5) is 0. The molecule has 0 aliphatic heterocycles. The van der Waals surface area contributed by atoms with Crippen molar-refractivity contribution in [2.75, 3.05) is 6.54 Å². The molecule has 0 aromatic rings. The average molecular weight is 119 g/mol. The van der Waals surface area contributed by atoms with Crippen LogP contribution in [0, 0.1) is 5.41 Å². The van der Waals surface area contributed by atoms with E-state index in [1.165, 1.54) is 0 Å². The fraction of sp³-hybridized carbons (Fsp3) is 1.00. The summed E-state index contributed by atoms with van der Waals surface area (Å²) in [5.74, 6) is 0. The predicted molar refractivity (Wildman–Crippen MR) is 37.2 cm³/mol. The molecule has 0 fully saturated rings. The summed E-state index contributed by atoms with van der Waals surface area (Å²) in [5, 5.41) is 3.02. The van der Waals surface area contributed by atoms with Crippen LogP contribution in [0.4, 0.5) is 0 Å². The van der Waals surface area contributed by atoms with Crippen molar-refractivity contribution < 1.29 is 0 Å². The number of nitrogens with one attached hydrogen (secondary N) is 1. The van der Waals surface area contributed by atoms with E-state index in [-0.39, 0.29) is 0 Å². The number of rotatable bonds is 1. The summed E-state index contributed by atoms with van der Waals surface area (Å²) in [6.07, 6.45) is 0. The molecule has 1 N–H and O–H groups in total. The van der Waals surface area contributed by atoms with Crippen LogP contribution >= 0.6 is 9.39 Å². The molecule has 0 saturated carbocycles. The van der Waals surface area contributed by atoms with Gasteiger partial charge in [-0.05, 0) is 5.41 Å². The van der Waals surface area contributed by atoms with Crippen molar-refractivity contribution in [3.8, 4) is 0 Å². The van der Waals surface area contributed by atoms with E-state index in [0.717, 1.165) is 6.54 Å². The minimum absolute atomic E-state index is 0.418. The van der Waals surface area contributed by atoms with Gasteiger partial charge < -0.3 is 5.09 Å². The molecule has 0 rings (SSSR count). The maximum Gasteiger partial charge on any atom is 0.00343 e. The van der Waals surface area contributed by atoms with Crippen molar-refractivity contribution >= 4 is 9.39 Å². The summed E-state index contributed by atoms with van der Waals surface area (Å²) in [5.41, 5.74) is 0.418. The molecule has 0 radical (unpaired) electrons. The molecule has 0 spiro atoms. The topological polar surface area (TPSA) is 12.0 Å². The van der Waals surface area contributed by atoms with Crippen LogP contribution in [0.25, 0.3) is 0 Å². The minimum Gasteiger partial charge on any atom is -0.300 e. The van der Waals surface area contributed by atoms with Crippen molar-refractivity contribution in [1.82, 2.24) is 5.09 Å². The Kier molecular flexibility index (Phi) is 2.78. The van der Waals surface area contributed by atoms with Gasteiger partial charge in [-0.2, -0.15) is 0 Å². The molecule has 0 saturated heterocycles. The predicted octanol–water partition coefficient (Wildman–Crippen LogP) is 1.41. The molecule has 1 atom stereocenters. The van der Waals surface area contributed by atoms with Crippen LogP contribution in [-0.2, 0) is 0 Å². The Balaban J connectivity index is 3.15. The summed E-state index contributed by atoms with van der Waals surface area (Å²) in [6, 6.07) is 0. The van der Waals surface area contributed by atoms with E-state index in [1.54, 1.807) is 0 Å². The Morgan fingerprint density at radius 1 is 1.43 bits per heavy atom. The SMILES string of the molecule is CC(C)(C)CNP. The molecule has 7 heavy (non-hydrogen) atoms. The molecule has 0 aromatic heterocycles. The van der Waals surface area contributed by atoms with E-state index in [9.17, 15) is 0 Å². The van der Waals surface area contributed by atoms with Crippen molar-refractivity contribution in [2.45, 2.75) is 20.8 Å². The zero-order chi connectivity index (χ0) is 5.91. The lowest BCUT2D eigenvalue weighted by molar-refractivity contribution is 0.415. The van der Waals surface area contributed by atoms with Gasteiger partial charge in [-0.3, -0.25) is 0 Å². The third-order valence-electron chi connectivity index (χ3n) is 0.632. The van der Waals surface area contributed by atoms with Crippen LogP contribution in [0.2, 0.25) is 0 Å². The molecule has 0 aliphatic rings. The van der Waals surface area contributed by atoms with Gasteiger partial charge in [0.25, 0.3) is 0 Å². The van der Waals surface area contributed by atoms with E-state index in [0.29, 0.717) is 5.41 Å². The normalized spacial score (nSPS) is 12.0. The van der Waals surface area contributed by atoms with Gasteiger partial charge in [-0.25, -0.2) is 0 Å². The molecular weight excluding hydrogens is 105 g/mol. The molecular formula is C5H14NP. The van der Waals surface area contributed by atoms with Crippen LogP contribution in [0.1, 0.15) is 20.8 Å². The first-order valence-electron chi connectivity index (χ1n) is 2.50. The van der Waals surface area contributed by atoms with Gasteiger partial charge in [0.1, 0.15) is 0 Å². The lowest BCUT2D eigenvalue weighted by atomic mass is 9.98. The molecule has 1 nitrogen and oxygen atoms in total. The second-order valence-electron chi connectivity index (χ2n) is 2.94. The van der Waals surface area contributed by atoms with E-state index >= 15 is 0 Å². The van der Waals surface area contributed by atoms with E-state index < -0.39 is 0 Å². The summed E-state index contributed by atoms with van der Waals surface area (Å²) in [6.45, 7) is 7.65. The molecule has 0 heterocycles. The van der Waals surface area contributed by atoms with Crippen LogP contribution in [0.15, 0.2) is 0 Å². The molecule has 2 heteroatoms. The monoisotopic (exact) mass is 119 g/mol. The Hall–Kier alpha value is 0.390. The maximum absolute atomic E-state index is 3.02. The van der Waals surface area contributed by atoms with Crippen LogP contribution < -0.4 is 5.09 Å². The number of hydrogen-bond acceptors (Lipinski definition) is 1. The molecule has 0 bridgehead atoms. The zero-order valence-electron chi connectivity index (χ0n) is 5.28. The highest BCUT2D eigenvalue weighted by Gasteiger charge is 2.06. The Labute approximate surface area is 48.1 Å². The molecule has 0 amide bonds. The first kappa shape index (κ1) is 7.39. The second kappa shape index (κ2) is 2.64. The largest absolute Gasteiger partial charge is 0.300 e. The summed E-state index contributed by atoms with van der Waals surface area (Å²) >= 11 is 0. The first-order chi connectivity index (χ1) is 3.06. The standard InChI is InChI=1S/C5H14NP/c1-5(2,3)4-6-7/h6H,4,7H2,1-3H3. The van der Waals surface area contributed by atoms with Gasteiger partial charge in [-0.15, -0.1) is 0 Å². The van der Waals surface area contributed by atoms with Crippen LogP contribution in [0.3, 0.4) is 0 Å². The lowest BCUT2D eigenvalue weighted by Gasteiger charge is -2.15. The van der Waals surface area contributed by atoms with E-state index in [2.05, 4.69) is 35.2 Å². The Bertz CT molecular complexity index is 46.5. The smallest absolute Gasteiger partial charge is 0.00343 e. The van der Waals surface area contributed by atoms with Gasteiger partial charge in [0, 0.05) is 6.54 Å². The summed E-state index contributed by atoms with van der Waals surface area (Å²) in [7, 11) is 2.49. The van der Waals surface area contributed by atoms with Gasteiger partial charge >= 0.3 is 0 Å². The van der Waals surface area contributed by atoms with Crippen LogP contribution in [0.5, 0.6) is 0 Å². The summed E-state index contributed by atoms with van der Waals surface area (Å²) < 4.78 is 0. The zero-order valence-corrected chi connectivity index (χ0v) is 6.44. The Morgan fingerprint density at radius 3 is 1.86 bits per heavy atom. The van der Waals surface area contributed by atoms with Crippen molar-refractivity contribution in [3.05, 3.63) is 0 Å². The van der Waals surface area contributed by atoms with Gasteiger partial charge in [0.15, 0.2) is 0 Å². The number of hydrogen-bond donors (Lipinski definition) is 1. The fourth-order valence-electron chi connectivity index (χ4n) is 0.306. The van der Waals surface area contributed by atoms with E-state index in [1.807, 2.05) is 0 Å². The highest BCUT2D eigenvalue weighted by atomic mass is 31.0. The minimum atomic E-state index is 0.418. The highest BCUT2D eigenvalue weighted by Crippen LogP contribution is 2.10. The van der Waals surface area contributed by atoms with Gasteiger partial charge in [0.05, 0.1) is 0 Å². The third-order valence-corrected chi connectivity index (χ3v) is 0.837. The quantitative estimate of drug-likeness (QED) is 0.514. The third kappa shape index (κ3) is 6.39. The van der Waals surface area contributed by atoms with Gasteiger partial charge in [-0.1, -0.05) is 30.2 Å². The highest BCUT2D eigenvalue weighted by molar-refractivity contribution is 7.13. The van der Waals surface area contributed by atoms with Crippen molar-refractivity contribution in [3.63, 3.8) is 0 Å². The molecule has 44 valence electrons. The second-order valence-corrected chi connectivity index (χ2v) is 3.35. The molecule has 1 unspecified atom stereocenters. The van der Waals surface area contributed by atoms with E-state index in [4.69, 9.17) is 0 Å².